The quantitative estimate of drug-likeness (QED) is 0.666. The van der Waals surface area contributed by atoms with Crippen LogP contribution in [-0.2, 0) is 14.3 Å². The Morgan fingerprint density at radius 1 is 1.28 bits per heavy atom. The van der Waals surface area contributed by atoms with Crippen molar-refractivity contribution in [1.29, 1.82) is 0 Å². The molecule has 0 fully saturated rings. The first-order chi connectivity index (χ1) is 8.40. The van der Waals surface area contributed by atoms with Gasteiger partial charge in [-0.25, -0.2) is 0 Å². The minimum Gasteiger partial charge on any atom is -0.452 e. The highest BCUT2D eigenvalue weighted by molar-refractivity contribution is 8.00. The first-order valence-electron chi connectivity index (χ1n) is 5.32. The molecule has 0 heterocycles. The van der Waals surface area contributed by atoms with Crippen molar-refractivity contribution in [2.45, 2.75) is 30.1 Å². The number of benzene rings is 1. The molecule has 2 unspecified atom stereocenters. The van der Waals surface area contributed by atoms with Crippen molar-refractivity contribution in [3.63, 3.8) is 0 Å². The summed E-state index contributed by atoms with van der Waals surface area (Å²) in [6.45, 7) is 3.15. The number of esters is 1. The Morgan fingerprint density at radius 3 is 2.33 bits per heavy atom. The van der Waals surface area contributed by atoms with Gasteiger partial charge in [-0.05, 0) is 38.1 Å². The van der Waals surface area contributed by atoms with Crippen LogP contribution in [0.25, 0.3) is 0 Å². The molecule has 2 N–H and O–H groups in total. The molecule has 2 atom stereocenters. The maximum absolute atomic E-state index is 11.7. The van der Waals surface area contributed by atoms with Crippen LogP contribution in [0.1, 0.15) is 13.8 Å². The van der Waals surface area contributed by atoms with E-state index in [9.17, 15) is 9.59 Å². The van der Waals surface area contributed by atoms with Crippen LogP contribution >= 0.6 is 23.4 Å². The molecule has 1 rings (SSSR count). The highest BCUT2D eigenvalue weighted by atomic mass is 35.5. The SMILES string of the molecule is CC(OC(=O)C(C)Sc1ccc(Cl)cc1)C(N)=O. The van der Waals surface area contributed by atoms with Crippen molar-refractivity contribution in [3.05, 3.63) is 29.3 Å². The van der Waals surface area contributed by atoms with Crippen molar-refractivity contribution in [2.75, 3.05) is 0 Å². The molecule has 18 heavy (non-hydrogen) atoms. The first-order valence-corrected chi connectivity index (χ1v) is 6.58. The molecule has 1 amide bonds. The number of hydrogen-bond donors (Lipinski definition) is 1. The molecule has 4 nitrogen and oxygen atoms in total. The van der Waals surface area contributed by atoms with Gasteiger partial charge >= 0.3 is 5.97 Å². The van der Waals surface area contributed by atoms with Gasteiger partial charge in [0.05, 0.1) is 0 Å². The summed E-state index contributed by atoms with van der Waals surface area (Å²) in [5.74, 6) is -1.13. The topological polar surface area (TPSA) is 69.4 Å². The number of primary amides is 1. The Hall–Kier alpha value is -1.20. The molecule has 6 heteroatoms. The van der Waals surface area contributed by atoms with Gasteiger partial charge in [-0.15, -0.1) is 11.8 Å². The fraction of sp³-hybridized carbons (Fsp3) is 0.333. The van der Waals surface area contributed by atoms with Gasteiger partial charge in [-0.3, -0.25) is 9.59 Å². The maximum atomic E-state index is 11.7. The number of amides is 1. The van der Waals surface area contributed by atoms with Crippen LogP contribution in [0.3, 0.4) is 0 Å². The second kappa shape index (κ2) is 6.66. The minimum atomic E-state index is -0.911. The summed E-state index contributed by atoms with van der Waals surface area (Å²) in [4.78, 5) is 23.3. The van der Waals surface area contributed by atoms with Gasteiger partial charge in [0.25, 0.3) is 5.91 Å². The van der Waals surface area contributed by atoms with Crippen LogP contribution in [0.15, 0.2) is 29.2 Å². The smallest absolute Gasteiger partial charge is 0.319 e. The fourth-order valence-electron chi connectivity index (χ4n) is 1.09. The van der Waals surface area contributed by atoms with Gasteiger partial charge in [-0.1, -0.05) is 11.6 Å². The predicted molar refractivity (Wildman–Crippen MR) is 71.5 cm³/mol. The van der Waals surface area contributed by atoms with Gasteiger partial charge in [-0.2, -0.15) is 0 Å². The van der Waals surface area contributed by atoms with E-state index in [1.54, 1.807) is 19.1 Å². The van der Waals surface area contributed by atoms with Gasteiger partial charge in [0, 0.05) is 9.92 Å². The van der Waals surface area contributed by atoms with Crippen molar-refractivity contribution in [3.8, 4) is 0 Å². The number of halogens is 1. The van der Waals surface area contributed by atoms with Crippen molar-refractivity contribution in [1.82, 2.24) is 0 Å². The number of carbonyl (C=O) groups is 2. The molecule has 0 bridgehead atoms. The lowest BCUT2D eigenvalue weighted by atomic mass is 10.4. The van der Waals surface area contributed by atoms with E-state index in [4.69, 9.17) is 22.1 Å². The maximum Gasteiger partial charge on any atom is 0.319 e. The lowest BCUT2D eigenvalue weighted by molar-refractivity contribution is -0.152. The molecule has 0 saturated heterocycles. The van der Waals surface area contributed by atoms with Crippen molar-refractivity contribution < 1.29 is 14.3 Å². The van der Waals surface area contributed by atoms with Crippen molar-refractivity contribution in [2.24, 2.45) is 5.73 Å². The van der Waals surface area contributed by atoms with Crippen molar-refractivity contribution >= 4 is 35.2 Å². The van der Waals surface area contributed by atoms with E-state index < -0.39 is 23.2 Å². The van der Waals surface area contributed by atoms with E-state index >= 15 is 0 Å². The average Bonchev–Trinajstić information content (AvgIpc) is 2.31. The molecule has 0 radical (unpaired) electrons. The number of nitrogens with two attached hydrogens (primary N) is 1. The zero-order valence-corrected chi connectivity index (χ0v) is 11.6. The number of thioether (sulfide) groups is 1. The number of carbonyl (C=O) groups excluding carboxylic acids is 2. The van der Waals surface area contributed by atoms with Crippen LogP contribution in [0, 0.1) is 0 Å². The molecular weight excluding hydrogens is 274 g/mol. The summed E-state index contributed by atoms with van der Waals surface area (Å²) in [6.07, 6.45) is -0.911. The van der Waals surface area contributed by atoms with Gasteiger partial charge in [0.2, 0.25) is 0 Å². The monoisotopic (exact) mass is 287 g/mol. The zero-order chi connectivity index (χ0) is 13.7. The normalized spacial score (nSPS) is 13.7. The van der Waals surface area contributed by atoms with Gasteiger partial charge in [0.15, 0.2) is 6.10 Å². The number of rotatable bonds is 5. The molecule has 0 aliphatic carbocycles. The molecule has 98 valence electrons. The largest absolute Gasteiger partial charge is 0.452 e. The Kier molecular flexibility index (Phi) is 5.50. The van der Waals surface area contributed by atoms with E-state index in [-0.39, 0.29) is 0 Å². The molecule has 0 saturated carbocycles. The molecule has 0 aliphatic heterocycles. The zero-order valence-electron chi connectivity index (χ0n) is 10.1. The molecule has 0 aromatic heterocycles. The molecule has 0 spiro atoms. The summed E-state index contributed by atoms with van der Waals surface area (Å²) in [7, 11) is 0. The number of hydrogen-bond acceptors (Lipinski definition) is 4. The molecule has 0 aliphatic rings. The lowest BCUT2D eigenvalue weighted by Gasteiger charge is -2.14. The Balaban J connectivity index is 2.54. The van der Waals surface area contributed by atoms with E-state index in [2.05, 4.69) is 0 Å². The first kappa shape index (κ1) is 14.9. The van der Waals surface area contributed by atoms with Crippen LogP contribution in [-0.4, -0.2) is 23.2 Å². The van der Waals surface area contributed by atoms with E-state index in [0.29, 0.717) is 5.02 Å². The number of ether oxygens (including phenoxy) is 1. The van der Waals surface area contributed by atoms with Gasteiger partial charge < -0.3 is 10.5 Å². The molecule has 1 aromatic rings. The Labute approximate surface area is 115 Å². The molecule has 1 aromatic carbocycles. The summed E-state index contributed by atoms with van der Waals surface area (Å²) in [5.41, 5.74) is 5.02. The van der Waals surface area contributed by atoms with E-state index in [0.717, 1.165) is 4.90 Å². The summed E-state index contributed by atoms with van der Waals surface area (Å²) < 4.78 is 4.91. The van der Waals surface area contributed by atoms with Crippen LogP contribution in [0.5, 0.6) is 0 Å². The summed E-state index contributed by atoms with van der Waals surface area (Å²) in [5, 5.41) is 0.213. The second-order valence-electron chi connectivity index (χ2n) is 3.70. The fourth-order valence-corrected chi connectivity index (χ4v) is 2.07. The second-order valence-corrected chi connectivity index (χ2v) is 5.55. The third-order valence-corrected chi connectivity index (χ3v) is 3.49. The highest BCUT2D eigenvalue weighted by Crippen LogP contribution is 2.25. The third kappa shape index (κ3) is 4.58. The average molecular weight is 288 g/mol. The van der Waals surface area contributed by atoms with Gasteiger partial charge in [0.1, 0.15) is 5.25 Å². The van der Waals surface area contributed by atoms with E-state index in [1.165, 1.54) is 18.7 Å². The molecular formula is C12H14ClNO3S. The Bertz CT molecular complexity index is 435. The third-order valence-electron chi connectivity index (χ3n) is 2.15. The van der Waals surface area contributed by atoms with Crippen LogP contribution in [0.4, 0.5) is 0 Å². The van der Waals surface area contributed by atoms with Crippen LogP contribution in [0.2, 0.25) is 5.02 Å². The minimum absolute atomic E-state index is 0.423. The Morgan fingerprint density at radius 2 is 1.83 bits per heavy atom. The summed E-state index contributed by atoms with van der Waals surface area (Å²) in [6, 6.07) is 7.12. The summed E-state index contributed by atoms with van der Waals surface area (Å²) >= 11 is 7.09. The van der Waals surface area contributed by atoms with E-state index in [1.807, 2.05) is 12.1 Å². The lowest BCUT2D eigenvalue weighted by Crippen LogP contribution is -2.32. The standard InChI is InChI=1S/C12H14ClNO3S/c1-7(11(14)15)17-12(16)8(2)18-10-5-3-9(13)4-6-10/h3-8H,1-2H3,(H2,14,15). The highest BCUT2D eigenvalue weighted by Gasteiger charge is 2.20. The predicted octanol–water partition coefficient (Wildman–Crippen LogP) is 2.24. The van der Waals surface area contributed by atoms with Crippen LogP contribution < -0.4 is 5.73 Å².